The van der Waals surface area contributed by atoms with Crippen LogP contribution in [-0.4, -0.2) is 34.4 Å². The van der Waals surface area contributed by atoms with Crippen molar-refractivity contribution in [3.8, 4) is 17.1 Å². The van der Waals surface area contributed by atoms with Gasteiger partial charge in [0.1, 0.15) is 11.6 Å². The smallest absolute Gasteiger partial charge is 0.253 e. The molecule has 1 aliphatic rings. The van der Waals surface area contributed by atoms with Gasteiger partial charge < -0.3 is 14.6 Å². The first-order chi connectivity index (χ1) is 12.3. The van der Waals surface area contributed by atoms with Gasteiger partial charge in [0, 0.05) is 30.8 Å². The fraction of sp³-hybridized carbons (Fsp3) is 0.222. The van der Waals surface area contributed by atoms with Gasteiger partial charge in [-0.05, 0) is 36.4 Å². The number of ether oxygens (including phenoxy) is 1. The minimum Gasteiger partial charge on any atom is -0.493 e. The predicted octanol–water partition coefficient (Wildman–Crippen LogP) is 3.44. The van der Waals surface area contributed by atoms with E-state index in [1.807, 2.05) is 42.5 Å². The molecule has 2 aromatic carbocycles. The first-order valence-corrected chi connectivity index (χ1v) is 8.91. The van der Waals surface area contributed by atoms with Crippen molar-refractivity contribution in [2.75, 3.05) is 18.9 Å². The highest BCUT2D eigenvalue weighted by molar-refractivity contribution is 7.94. The molecule has 128 valence electrons. The van der Waals surface area contributed by atoms with Crippen LogP contribution in [0.15, 0.2) is 42.5 Å². The highest BCUT2D eigenvalue weighted by atomic mass is 32.2. The summed E-state index contributed by atoms with van der Waals surface area (Å²) in [4.78, 5) is 16.9. The lowest BCUT2D eigenvalue weighted by molar-refractivity contribution is 0.0956. The summed E-state index contributed by atoms with van der Waals surface area (Å²) >= 11 is 0.266. The molecule has 0 saturated carbocycles. The van der Waals surface area contributed by atoms with E-state index < -0.39 is 0 Å². The summed E-state index contributed by atoms with van der Waals surface area (Å²) in [7, 11) is 0. The molecule has 0 bridgehead atoms. The fourth-order valence-corrected chi connectivity index (χ4v) is 3.22. The average molecular weight is 357 g/mol. The van der Waals surface area contributed by atoms with Crippen LogP contribution < -0.4 is 10.1 Å². The Balaban J connectivity index is 1.73. The number of carbonyl (C=O) groups is 1. The largest absolute Gasteiger partial charge is 0.493 e. The zero-order valence-corrected chi connectivity index (χ0v) is 14.2. The minimum absolute atomic E-state index is 0.0646. The molecule has 1 aromatic heterocycles. The van der Waals surface area contributed by atoms with Crippen molar-refractivity contribution < 1.29 is 13.4 Å². The molecule has 0 unspecified atom stereocenters. The molecule has 3 aromatic rings. The second-order valence-electron chi connectivity index (χ2n) is 5.70. The Kier molecular flexibility index (Phi) is 4.31. The van der Waals surface area contributed by atoms with Gasteiger partial charge in [-0.3, -0.25) is 4.79 Å². The normalized spacial score (nSPS) is 13.6. The molecule has 2 heterocycles. The Bertz CT molecular complexity index is 924. The number of halogens is 1. The Labute approximate surface area is 148 Å². The summed E-state index contributed by atoms with van der Waals surface area (Å²) in [6, 6.07) is 13.2. The monoisotopic (exact) mass is 357 g/mol. The van der Waals surface area contributed by atoms with Crippen LogP contribution in [0.5, 0.6) is 5.75 Å². The molecule has 25 heavy (non-hydrogen) atoms. The number of rotatable bonds is 5. The van der Waals surface area contributed by atoms with E-state index in [0.29, 0.717) is 36.8 Å². The van der Waals surface area contributed by atoms with Gasteiger partial charge in [0.05, 0.1) is 29.0 Å². The van der Waals surface area contributed by atoms with Gasteiger partial charge in [0.15, 0.2) is 0 Å². The number of aromatic nitrogens is 2. The molecule has 5 nitrogen and oxygen atoms in total. The lowest BCUT2D eigenvalue weighted by atomic mass is 10.1. The van der Waals surface area contributed by atoms with E-state index in [0.717, 1.165) is 22.4 Å². The van der Waals surface area contributed by atoms with Crippen molar-refractivity contribution >= 4 is 29.1 Å². The average Bonchev–Trinajstić information content (AvgIpc) is 2.92. The fourth-order valence-electron chi connectivity index (χ4n) is 3.07. The van der Waals surface area contributed by atoms with Gasteiger partial charge in [-0.1, -0.05) is 6.07 Å². The number of para-hydroxylation sites is 1. The van der Waals surface area contributed by atoms with E-state index >= 15 is 0 Å². The van der Waals surface area contributed by atoms with Crippen molar-refractivity contribution in [3.05, 3.63) is 48.0 Å². The zero-order chi connectivity index (χ0) is 17.2. The Hall–Kier alpha value is -2.54. The summed E-state index contributed by atoms with van der Waals surface area (Å²) in [5.74, 6) is 1.76. The van der Waals surface area contributed by atoms with Crippen LogP contribution >= 0.6 is 12.1 Å². The lowest BCUT2D eigenvalue weighted by Crippen LogP contribution is -2.24. The summed E-state index contributed by atoms with van der Waals surface area (Å²) in [6.45, 7) is 1.56. The van der Waals surface area contributed by atoms with Crippen LogP contribution in [0.2, 0.25) is 0 Å². The molecule has 0 atom stereocenters. The van der Waals surface area contributed by atoms with E-state index in [1.54, 1.807) is 0 Å². The molecule has 7 heteroatoms. The summed E-state index contributed by atoms with van der Waals surface area (Å²) in [5.41, 5.74) is 3.28. The number of nitrogens with one attached hydrogen (secondary N) is 1. The molecule has 0 fully saturated rings. The van der Waals surface area contributed by atoms with Gasteiger partial charge in [-0.2, -0.15) is 3.89 Å². The van der Waals surface area contributed by atoms with Gasteiger partial charge in [0.2, 0.25) is 0 Å². The van der Waals surface area contributed by atoms with Crippen LogP contribution in [0.1, 0.15) is 10.4 Å². The topological polar surface area (TPSA) is 56.2 Å². The zero-order valence-electron chi connectivity index (χ0n) is 13.4. The highest BCUT2D eigenvalue weighted by Crippen LogP contribution is 2.29. The Morgan fingerprint density at radius 3 is 2.88 bits per heavy atom. The SMILES string of the molecule is O=C1NCCn2c(-c3ccc(OCCSF)cc3)nc3cccc1c32. The van der Waals surface area contributed by atoms with Gasteiger partial charge in [-0.15, -0.1) is 0 Å². The number of nitrogens with zero attached hydrogens (tertiary/aromatic N) is 2. The minimum atomic E-state index is -0.0646. The Morgan fingerprint density at radius 1 is 1.24 bits per heavy atom. The maximum Gasteiger partial charge on any atom is 0.253 e. The summed E-state index contributed by atoms with van der Waals surface area (Å²) in [6.07, 6.45) is 0. The maximum absolute atomic E-state index is 12.2. The molecular formula is C18H16FN3O2S. The van der Waals surface area contributed by atoms with Crippen molar-refractivity contribution in [3.63, 3.8) is 0 Å². The van der Waals surface area contributed by atoms with Crippen LogP contribution in [-0.2, 0) is 6.54 Å². The third kappa shape index (κ3) is 2.95. The van der Waals surface area contributed by atoms with Crippen molar-refractivity contribution in [1.29, 1.82) is 0 Å². The first-order valence-electron chi connectivity index (χ1n) is 8.02. The number of hydrogen-bond acceptors (Lipinski definition) is 4. The second-order valence-corrected chi connectivity index (χ2v) is 6.33. The van der Waals surface area contributed by atoms with E-state index in [9.17, 15) is 8.68 Å². The van der Waals surface area contributed by atoms with E-state index in [2.05, 4.69) is 9.88 Å². The molecule has 0 saturated heterocycles. The van der Waals surface area contributed by atoms with Crippen LogP contribution in [0, 0.1) is 0 Å². The predicted molar refractivity (Wildman–Crippen MR) is 96.6 cm³/mol. The second kappa shape index (κ2) is 6.76. The van der Waals surface area contributed by atoms with Crippen LogP contribution in [0.4, 0.5) is 3.89 Å². The molecule has 0 aliphatic carbocycles. The molecule has 1 aliphatic heterocycles. The number of hydrogen-bond donors (Lipinski definition) is 1. The van der Waals surface area contributed by atoms with Crippen LogP contribution in [0.25, 0.3) is 22.4 Å². The molecule has 4 rings (SSSR count). The van der Waals surface area contributed by atoms with E-state index in [-0.39, 0.29) is 18.1 Å². The molecule has 0 spiro atoms. The van der Waals surface area contributed by atoms with Gasteiger partial charge in [0.25, 0.3) is 5.91 Å². The third-order valence-corrected chi connectivity index (χ3v) is 4.49. The lowest BCUT2D eigenvalue weighted by Gasteiger charge is -2.09. The summed E-state index contributed by atoms with van der Waals surface area (Å²) < 4.78 is 19.6. The van der Waals surface area contributed by atoms with Gasteiger partial charge in [-0.25, -0.2) is 4.98 Å². The number of amides is 1. The number of imidazole rings is 1. The number of carbonyl (C=O) groups excluding carboxylic acids is 1. The van der Waals surface area contributed by atoms with Crippen molar-refractivity contribution in [2.45, 2.75) is 6.54 Å². The maximum atomic E-state index is 12.2. The summed E-state index contributed by atoms with van der Waals surface area (Å²) in [5, 5.41) is 2.91. The number of benzene rings is 2. The quantitative estimate of drug-likeness (QED) is 0.711. The van der Waals surface area contributed by atoms with Crippen LogP contribution in [0.3, 0.4) is 0 Å². The molecule has 1 N–H and O–H groups in total. The van der Waals surface area contributed by atoms with Gasteiger partial charge >= 0.3 is 0 Å². The molecule has 0 radical (unpaired) electrons. The van der Waals surface area contributed by atoms with Crippen molar-refractivity contribution in [2.24, 2.45) is 0 Å². The first kappa shape index (κ1) is 16.0. The standard InChI is InChI=1S/C18H16FN3O2S/c19-25-11-10-24-13-6-4-12(5-7-13)17-21-15-3-1-2-14-16(15)22(17)9-8-20-18(14)23/h1-7H,8-11H2,(H,20,23). The molecular weight excluding hydrogens is 341 g/mol. The third-order valence-electron chi connectivity index (χ3n) is 4.17. The molecule has 1 amide bonds. The Morgan fingerprint density at radius 2 is 2.08 bits per heavy atom. The highest BCUT2D eigenvalue weighted by Gasteiger charge is 2.21. The van der Waals surface area contributed by atoms with Crippen molar-refractivity contribution in [1.82, 2.24) is 14.9 Å². The van der Waals surface area contributed by atoms with E-state index in [1.165, 1.54) is 0 Å². The van der Waals surface area contributed by atoms with E-state index in [4.69, 9.17) is 9.72 Å².